The summed E-state index contributed by atoms with van der Waals surface area (Å²) in [6, 6.07) is 6.27. The molecule has 0 amide bonds. The van der Waals surface area contributed by atoms with Gasteiger partial charge in [-0.2, -0.15) is 0 Å². The van der Waals surface area contributed by atoms with Crippen molar-refractivity contribution in [3.05, 3.63) is 34.9 Å². The fraction of sp³-hybridized carbons (Fsp3) is 0.300. The molecule has 0 spiro atoms. The minimum Gasteiger partial charge on any atom is -0.467 e. The number of methoxy groups -OCH3 is 1. The number of ether oxygens (including phenoxy) is 1. The molecule has 4 nitrogen and oxygen atoms in total. The lowest BCUT2D eigenvalue weighted by Crippen LogP contribution is -2.28. The molecule has 82 valence electrons. The van der Waals surface area contributed by atoms with Crippen LogP contribution in [0.2, 0.25) is 5.02 Å². The quantitative estimate of drug-likeness (QED) is 0.758. The molecule has 1 aromatic carbocycles. The molecule has 15 heavy (non-hydrogen) atoms. The Morgan fingerprint density at radius 2 is 2.13 bits per heavy atom. The zero-order valence-corrected chi connectivity index (χ0v) is 8.81. The van der Waals surface area contributed by atoms with Crippen molar-refractivity contribution in [2.75, 3.05) is 7.11 Å². The molecular formula is C10H11ClO4. The zero-order chi connectivity index (χ0) is 11.4. The average Bonchev–Trinajstić information content (AvgIpc) is 2.26. The monoisotopic (exact) mass is 230 g/mol. The Labute approximate surface area is 92.1 Å². The van der Waals surface area contributed by atoms with Crippen LogP contribution in [0.5, 0.6) is 0 Å². The van der Waals surface area contributed by atoms with E-state index in [4.69, 9.17) is 11.6 Å². The summed E-state index contributed by atoms with van der Waals surface area (Å²) in [7, 11) is 1.14. The number of aliphatic hydroxyl groups is 2. The Hall–Kier alpha value is -1.10. The maximum atomic E-state index is 10.9. The van der Waals surface area contributed by atoms with Gasteiger partial charge in [-0.3, -0.25) is 0 Å². The summed E-state index contributed by atoms with van der Waals surface area (Å²) in [5, 5.41) is 19.4. The van der Waals surface area contributed by atoms with Gasteiger partial charge in [0.2, 0.25) is 0 Å². The van der Waals surface area contributed by atoms with Crippen molar-refractivity contribution in [3.8, 4) is 0 Å². The molecule has 0 aliphatic carbocycles. The fourth-order valence-electron chi connectivity index (χ4n) is 1.12. The molecule has 1 rings (SSSR count). The molecule has 0 heterocycles. The van der Waals surface area contributed by atoms with Crippen LogP contribution in [-0.4, -0.2) is 29.4 Å². The summed E-state index contributed by atoms with van der Waals surface area (Å²) in [6.45, 7) is 0. The van der Waals surface area contributed by atoms with Crippen LogP contribution in [-0.2, 0) is 9.53 Å². The Balaban J connectivity index is 2.84. The zero-order valence-electron chi connectivity index (χ0n) is 8.05. The fourth-order valence-corrected chi connectivity index (χ4v) is 1.32. The van der Waals surface area contributed by atoms with Gasteiger partial charge in [-0.1, -0.05) is 23.7 Å². The summed E-state index contributed by atoms with van der Waals surface area (Å²) in [5.74, 6) is -0.887. The van der Waals surface area contributed by atoms with Gasteiger partial charge in [0, 0.05) is 5.02 Å². The number of rotatable bonds is 3. The van der Waals surface area contributed by atoms with E-state index >= 15 is 0 Å². The Bertz CT molecular complexity index is 353. The van der Waals surface area contributed by atoms with Crippen LogP contribution >= 0.6 is 11.6 Å². The van der Waals surface area contributed by atoms with E-state index in [0.717, 1.165) is 7.11 Å². The van der Waals surface area contributed by atoms with E-state index in [1.54, 1.807) is 18.2 Å². The third kappa shape index (κ3) is 2.92. The number of carbonyl (C=O) groups excluding carboxylic acids is 1. The molecule has 2 atom stereocenters. The Morgan fingerprint density at radius 3 is 2.67 bits per heavy atom. The number of esters is 1. The van der Waals surface area contributed by atoms with E-state index in [0.29, 0.717) is 10.6 Å². The number of benzene rings is 1. The molecule has 0 unspecified atom stereocenters. The highest BCUT2D eigenvalue weighted by Gasteiger charge is 2.26. The van der Waals surface area contributed by atoms with E-state index in [-0.39, 0.29) is 0 Å². The molecule has 5 heteroatoms. The first-order valence-electron chi connectivity index (χ1n) is 4.25. The van der Waals surface area contributed by atoms with Gasteiger partial charge < -0.3 is 14.9 Å². The predicted octanol–water partition coefficient (Wildman–Crippen LogP) is 0.907. The third-order valence-electron chi connectivity index (χ3n) is 1.93. The largest absolute Gasteiger partial charge is 0.467 e. The van der Waals surface area contributed by atoms with Gasteiger partial charge in [0.15, 0.2) is 6.10 Å². The van der Waals surface area contributed by atoms with Crippen molar-refractivity contribution in [1.82, 2.24) is 0 Å². The summed E-state index contributed by atoms with van der Waals surface area (Å²) in [5.41, 5.74) is 0.361. The van der Waals surface area contributed by atoms with Crippen LogP contribution in [0, 0.1) is 0 Å². The van der Waals surface area contributed by atoms with Crippen LogP contribution in [0.4, 0.5) is 0 Å². The summed E-state index contributed by atoms with van der Waals surface area (Å²) in [6.07, 6.45) is -2.94. The first-order chi connectivity index (χ1) is 7.06. The molecule has 0 aliphatic rings. The molecule has 0 saturated carbocycles. The second-order valence-electron chi connectivity index (χ2n) is 2.97. The first-order valence-corrected chi connectivity index (χ1v) is 4.63. The second-order valence-corrected chi connectivity index (χ2v) is 3.40. The number of hydrogen-bond acceptors (Lipinski definition) is 4. The van der Waals surface area contributed by atoms with Gasteiger partial charge in [0.1, 0.15) is 6.10 Å². The standard InChI is InChI=1S/C10H11ClO4/c1-15-10(14)9(13)8(12)6-3-2-4-7(11)5-6/h2-5,8-9,12-13H,1H3/t8-,9-/m1/s1. The van der Waals surface area contributed by atoms with Crippen LogP contribution in [0.15, 0.2) is 24.3 Å². The lowest BCUT2D eigenvalue weighted by molar-refractivity contribution is -0.156. The molecule has 0 saturated heterocycles. The third-order valence-corrected chi connectivity index (χ3v) is 2.17. The minimum absolute atomic E-state index is 0.361. The maximum Gasteiger partial charge on any atom is 0.337 e. The summed E-state index contributed by atoms with van der Waals surface area (Å²) >= 11 is 5.70. The van der Waals surface area contributed by atoms with Gasteiger partial charge in [-0.05, 0) is 17.7 Å². The molecule has 2 N–H and O–H groups in total. The van der Waals surface area contributed by atoms with Gasteiger partial charge in [-0.25, -0.2) is 4.79 Å². The maximum absolute atomic E-state index is 10.9. The number of aliphatic hydroxyl groups excluding tert-OH is 2. The van der Waals surface area contributed by atoms with Gasteiger partial charge in [0.25, 0.3) is 0 Å². The smallest absolute Gasteiger partial charge is 0.337 e. The average molecular weight is 231 g/mol. The van der Waals surface area contributed by atoms with E-state index in [1.807, 2.05) is 0 Å². The van der Waals surface area contributed by atoms with Crippen LogP contribution in [0.1, 0.15) is 11.7 Å². The predicted molar refractivity (Wildman–Crippen MR) is 54.4 cm³/mol. The molecule has 1 aromatic rings. The van der Waals surface area contributed by atoms with Crippen molar-refractivity contribution in [2.45, 2.75) is 12.2 Å². The minimum atomic E-state index is -1.60. The highest BCUT2D eigenvalue weighted by molar-refractivity contribution is 6.30. The number of hydrogen-bond donors (Lipinski definition) is 2. The van der Waals surface area contributed by atoms with E-state index in [9.17, 15) is 15.0 Å². The summed E-state index contributed by atoms with van der Waals surface area (Å²) in [4.78, 5) is 10.9. The number of carbonyl (C=O) groups is 1. The Kier molecular flexibility index (Phi) is 4.08. The highest BCUT2D eigenvalue weighted by atomic mass is 35.5. The second kappa shape index (κ2) is 5.11. The highest BCUT2D eigenvalue weighted by Crippen LogP contribution is 2.20. The van der Waals surface area contributed by atoms with Crippen molar-refractivity contribution >= 4 is 17.6 Å². The lowest BCUT2D eigenvalue weighted by Gasteiger charge is -2.15. The van der Waals surface area contributed by atoms with Crippen LogP contribution in [0.25, 0.3) is 0 Å². The SMILES string of the molecule is COC(=O)[C@H](O)[C@H](O)c1cccc(Cl)c1. The molecule has 0 aliphatic heterocycles. The molecule has 0 radical (unpaired) electrons. The van der Waals surface area contributed by atoms with Crippen molar-refractivity contribution < 1.29 is 19.7 Å². The molecule has 0 fully saturated rings. The summed E-state index contributed by atoms with van der Waals surface area (Å²) < 4.78 is 4.30. The van der Waals surface area contributed by atoms with E-state index in [1.165, 1.54) is 6.07 Å². The lowest BCUT2D eigenvalue weighted by atomic mass is 10.0. The van der Waals surface area contributed by atoms with E-state index in [2.05, 4.69) is 4.74 Å². The van der Waals surface area contributed by atoms with Crippen LogP contribution < -0.4 is 0 Å². The first kappa shape index (κ1) is 12.0. The van der Waals surface area contributed by atoms with Crippen molar-refractivity contribution in [1.29, 1.82) is 0 Å². The molecule has 0 aromatic heterocycles. The molecular weight excluding hydrogens is 220 g/mol. The van der Waals surface area contributed by atoms with Gasteiger partial charge in [-0.15, -0.1) is 0 Å². The normalized spacial score (nSPS) is 14.4. The topological polar surface area (TPSA) is 66.8 Å². The molecule has 0 bridgehead atoms. The van der Waals surface area contributed by atoms with E-state index < -0.39 is 18.2 Å². The number of halogens is 1. The van der Waals surface area contributed by atoms with Crippen molar-refractivity contribution in [3.63, 3.8) is 0 Å². The van der Waals surface area contributed by atoms with Gasteiger partial charge >= 0.3 is 5.97 Å². The van der Waals surface area contributed by atoms with Crippen LogP contribution in [0.3, 0.4) is 0 Å². The van der Waals surface area contributed by atoms with Crippen molar-refractivity contribution in [2.24, 2.45) is 0 Å². The Morgan fingerprint density at radius 1 is 1.47 bits per heavy atom. The van der Waals surface area contributed by atoms with Gasteiger partial charge in [0.05, 0.1) is 7.11 Å².